The number of methoxy groups -OCH3 is 2. The van der Waals surface area contributed by atoms with Crippen molar-refractivity contribution in [2.75, 3.05) is 14.2 Å². The van der Waals surface area contributed by atoms with Gasteiger partial charge in [0, 0.05) is 29.6 Å². The molecule has 0 saturated carbocycles. The number of aliphatic imine (C=N–C) groups is 1. The lowest BCUT2D eigenvalue weighted by atomic mass is 10.1. The number of hydrogen-bond donors (Lipinski definition) is 2. The van der Waals surface area contributed by atoms with Gasteiger partial charge >= 0.3 is 0 Å². The van der Waals surface area contributed by atoms with Crippen LogP contribution in [-0.4, -0.2) is 35.6 Å². The van der Waals surface area contributed by atoms with Crippen molar-refractivity contribution >= 4 is 11.9 Å². The molecule has 0 bridgehead atoms. The third kappa shape index (κ3) is 3.17. The van der Waals surface area contributed by atoms with Gasteiger partial charge in [-0.2, -0.15) is 0 Å². The van der Waals surface area contributed by atoms with E-state index in [1.165, 1.54) is 12.4 Å². The standard InChI is InChI=1S/C16H18N2O4/c1-10-16(20)13(11(9-19)7-17-10)8-18-14-6-12(21-2)4-5-15(14)22-3/h4-8,19-20H,9H2,1-3H3. The molecule has 0 aliphatic carbocycles. The Morgan fingerprint density at radius 3 is 2.68 bits per heavy atom. The lowest BCUT2D eigenvalue weighted by Crippen LogP contribution is -1.98. The first-order chi connectivity index (χ1) is 10.6. The molecule has 0 radical (unpaired) electrons. The maximum atomic E-state index is 10.1. The Labute approximate surface area is 128 Å². The average molecular weight is 302 g/mol. The molecule has 0 saturated heterocycles. The predicted octanol–water partition coefficient (Wildman–Crippen LogP) is 2.36. The molecular formula is C16H18N2O4. The van der Waals surface area contributed by atoms with E-state index in [4.69, 9.17) is 9.47 Å². The van der Waals surface area contributed by atoms with Crippen molar-refractivity contribution in [3.05, 3.63) is 41.2 Å². The van der Waals surface area contributed by atoms with E-state index in [2.05, 4.69) is 9.98 Å². The van der Waals surface area contributed by atoms with Gasteiger partial charge in [0.15, 0.2) is 0 Å². The molecule has 0 atom stereocenters. The number of nitrogens with zero attached hydrogens (tertiary/aromatic N) is 2. The molecule has 2 N–H and O–H groups in total. The van der Waals surface area contributed by atoms with E-state index >= 15 is 0 Å². The number of pyridine rings is 1. The van der Waals surface area contributed by atoms with Gasteiger partial charge in [0.05, 0.1) is 26.5 Å². The smallest absolute Gasteiger partial charge is 0.145 e. The Kier molecular flexibility index (Phi) is 4.95. The SMILES string of the molecule is COc1ccc(OC)c(N=Cc2c(CO)cnc(C)c2O)c1. The van der Waals surface area contributed by atoms with Crippen LogP contribution in [0.3, 0.4) is 0 Å². The monoisotopic (exact) mass is 302 g/mol. The summed E-state index contributed by atoms with van der Waals surface area (Å²) in [5.74, 6) is 1.22. The first-order valence-corrected chi connectivity index (χ1v) is 6.65. The van der Waals surface area contributed by atoms with Crippen LogP contribution in [0.2, 0.25) is 0 Å². The third-order valence-corrected chi connectivity index (χ3v) is 3.25. The molecule has 1 aromatic heterocycles. The van der Waals surface area contributed by atoms with Crippen molar-refractivity contribution < 1.29 is 19.7 Å². The lowest BCUT2D eigenvalue weighted by molar-refractivity contribution is 0.280. The molecule has 22 heavy (non-hydrogen) atoms. The second-order valence-electron chi connectivity index (χ2n) is 4.59. The van der Waals surface area contributed by atoms with E-state index < -0.39 is 0 Å². The molecule has 0 aliphatic rings. The highest BCUT2D eigenvalue weighted by molar-refractivity contribution is 5.88. The number of aliphatic hydroxyl groups is 1. The average Bonchev–Trinajstić information content (AvgIpc) is 2.55. The van der Waals surface area contributed by atoms with Crippen LogP contribution in [0, 0.1) is 6.92 Å². The van der Waals surface area contributed by atoms with Crippen molar-refractivity contribution in [2.24, 2.45) is 4.99 Å². The van der Waals surface area contributed by atoms with E-state index in [0.29, 0.717) is 34.0 Å². The van der Waals surface area contributed by atoms with Crippen LogP contribution < -0.4 is 9.47 Å². The Hall–Kier alpha value is -2.60. The van der Waals surface area contributed by atoms with E-state index in [-0.39, 0.29) is 12.4 Å². The number of hydrogen-bond acceptors (Lipinski definition) is 6. The van der Waals surface area contributed by atoms with Crippen molar-refractivity contribution in [2.45, 2.75) is 13.5 Å². The summed E-state index contributed by atoms with van der Waals surface area (Å²) in [6, 6.07) is 5.24. The Morgan fingerprint density at radius 1 is 1.27 bits per heavy atom. The lowest BCUT2D eigenvalue weighted by Gasteiger charge is -2.09. The van der Waals surface area contributed by atoms with E-state index in [1.807, 2.05) is 0 Å². The molecule has 0 spiro atoms. The van der Waals surface area contributed by atoms with Crippen LogP contribution in [0.25, 0.3) is 0 Å². The van der Waals surface area contributed by atoms with Crippen LogP contribution in [0.5, 0.6) is 17.2 Å². The minimum absolute atomic E-state index is 0.00263. The van der Waals surface area contributed by atoms with Gasteiger partial charge in [-0.15, -0.1) is 0 Å². The molecule has 6 nitrogen and oxygen atoms in total. The summed E-state index contributed by atoms with van der Waals surface area (Å²) in [7, 11) is 3.12. The Balaban J connectivity index is 2.47. The molecule has 1 heterocycles. The highest BCUT2D eigenvalue weighted by atomic mass is 16.5. The topological polar surface area (TPSA) is 84.2 Å². The van der Waals surface area contributed by atoms with Gasteiger partial charge in [0.25, 0.3) is 0 Å². The van der Waals surface area contributed by atoms with Gasteiger partial charge in [-0.1, -0.05) is 0 Å². The van der Waals surface area contributed by atoms with Gasteiger partial charge in [0.2, 0.25) is 0 Å². The highest BCUT2D eigenvalue weighted by Gasteiger charge is 2.10. The zero-order chi connectivity index (χ0) is 16.1. The molecular weight excluding hydrogens is 284 g/mol. The van der Waals surface area contributed by atoms with Gasteiger partial charge < -0.3 is 19.7 Å². The first-order valence-electron chi connectivity index (χ1n) is 6.65. The maximum absolute atomic E-state index is 10.1. The predicted molar refractivity (Wildman–Crippen MR) is 83.4 cm³/mol. The second-order valence-corrected chi connectivity index (χ2v) is 4.59. The van der Waals surface area contributed by atoms with Gasteiger partial charge in [0.1, 0.15) is 22.9 Å². The van der Waals surface area contributed by atoms with Crippen molar-refractivity contribution in [1.82, 2.24) is 4.98 Å². The Bertz CT molecular complexity index is 699. The summed E-state index contributed by atoms with van der Waals surface area (Å²) < 4.78 is 10.4. The maximum Gasteiger partial charge on any atom is 0.145 e. The van der Waals surface area contributed by atoms with Crippen LogP contribution in [-0.2, 0) is 6.61 Å². The largest absolute Gasteiger partial charge is 0.505 e. The van der Waals surface area contributed by atoms with Crippen molar-refractivity contribution in [3.63, 3.8) is 0 Å². The summed E-state index contributed by atoms with van der Waals surface area (Å²) in [6.45, 7) is 1.44. The summed E-state index contributed by atoms with van der Waals surface area (Å²) in [5, 5.41) is 19.5. The van der Waals surface area contributed by atoms with Crippen LogP contribution in [0.4, 0.5) is 5.69 Å². The molecule has 1 aromatic carbocycles. The quantitative estimate of drug-likeness (QED) is 0.828. The van der Waals surface area contributed by atoms with Gasteiger partial charge in [-0.05, 0) is 19.1 Å². The first kappa shape index (κ1) is 15.8. The minimum Gasteiger partial charge on any atom is -0.505 e. The molecule has 0 fully saturated rings. The molecule has 6 heteroatoms. The molecule has 0 aliphatic heterocycles. The Morgan fingerprint density at radius 2 is 2.05 bits per heavy atom. The van der Waals surface area contributed by atoms with E-state index in [0.717, 1.165) is 0 Å². The number of aromatic hydroxyl groups is 1. The second kappa shape index (κ2) is 6.91. The molecule has 0 unspecified atom stereocenters. The number of ether oxygens (including phenoxy) is 2. The minimum atomic E-state index is -0.239. The van der Waals surface area contributed by atoms with Crippen LogP contribution in [0.15, 0.2) is 29.4 Å². The third-order valence-electron chi connectivity index (χ3n) is 3.25. The fourth-order valence-corrected chi connectivity index (χ4v) is 1.95. The van der Waals surface area contributed by atoms with Crippen molar-refractivity contribution in [3.8, 4) is 17.2 Å². The summed E-state index contributed by atoms with van der Waals surface area (Å²) in [5.41, 5.74) is 1.95. The number of rotatable bonds is 5. The van der Waals surface area contributed by atoms with E-state index in [1.54, 1.807) is 39.3 Å². The zero-order valence-corrected chi connectivity index (χ0v) is 12.7. The number of aliphatic hydroxyl groups excluding tert-OH is 1. The fraction of sp³-hybridized carbons (Fsp3) is 0.250. The summed E-state index contributed by atoms with van der Waals surface area (Å²) in [4.78, 5) is 8.35. The molecule has 0 amide bonds. The number of benzene rings is 1. The van der Waals surface area contributed by atoms with E-state index in [9.17, 15) is 10.2 Å². The van der Waals surface area contributed by atoms with Gasteiger partial charge in [-0.25, -0.2) is 0 Å². The van der Waals surface area contributed by atoms with Crippen molar-refractivity contribution in [1.29, 1.82) is 0 Å². The number of aryl methyl sites for hydroxylation is 1. The molecule has 116 valence electrons. The van der Waals surface area contributed by atoms with Gasteiger partial charge in [-0.3, -0.25) is 9.98 Å². The fourth-order valence-electron chi connectivity index (χ4n) is 1.95. The van der Waals surface area contributed by atoms with Crippen LogP contribution >= 0.6 is 0 Å². The molecule has 2 aromatic rings. The highest BCUT2D eigenvalue weighted by Crippen LogP contribution is 2.32. The summed E-state index contributed by atoms with van der Waals surface area (Å²) >= 11 is 0. The number of aromatic nitrogens is 1. The van der Waals surface area contributed by atoms with Crippen LogP contribution in [0.1, 0.15) is 16.8 Å². The summed E-state index contributed by atoms with van der Waals surface area (Å²) in [6.07, 6.45) is 2.99. The molecule has 2 rings (SSSR count). The normalized spacial score (nSPS) is 10.9. The zero-order valence-electron chi connectivity index (χ0n) is 12.7.